The minimum absolute atomic E-state index is 0.0385. The molecule has 3 nitrogen and oxygen atoms in total. The van der Waals surface area contributed by atoms with E-state index in [0.717, 1.165) is 12.4 Å². The summed E-state index contributed by atoms with van der Waals surface area (Å²) in [6.45, 7) is 5.74. The number of para-hydroxylation sites is 1. The predicted molar refractivity (Wildman–Crippen MR) is 61.6 cm³/mol. The monoisotopic (exact) mass is 219 g/mol. The molecule has 1 aromatic rings. The van der Waals surface area contributed by atoms with E-state index in [2.05, 4.69) is 25.2 Å². The van der Waals surface area contributed by atoms with Crippen LogP contribution in [0, 0.1) is 0 Å². The van der Waals surface area contributed by atoms with Gasteiger partial charge in [-0.3, -0.25) is 0 Å². The first-order chi connectivity index (χ1) is 7.66. The highest BCUT2D eigenvalue weighted by Gasteiger charge is 2.39. The van der Waals surface area contributed by atoms with Crippen LogP contribution in [0.3, 0.4) is 0 Å². The third-order valence-electron chi connectivity index (χ3n) is 3.21. The average molecular weight is 219 g/mol. The molecule has 2 heterocycles. The van der Waals surface area contributed by atoms with Crippen LogP contribution >= 0.6 is 0 Å². The van der Waals surface area contributed by atoms with Gasteiger partial charge in [0.2, 0.25) is 0 Å². The van der Waals surface area contributed by atoms with Crippen molar-refractivity contribution in [3.63, 3.8) is 0 Å². The minimum atomic E-state index is 0.0385. The van der Waals surface area contributed by atoms with Crippen molar-refractivity contribution >= 4 is 0 Å². The molecule has 16 heavy (non-hydrogen) atoms. The zero-order valence-electron chi connectivity index (χ0n) is 9.69. The zero-order chi connectivity index (χ0) is 11.2. The summed E-state index contributed by atoms with van der Waals surface area (Å²) in [6, 6.07) is 8.40. The van der Waals surface area contributed by atoms with Crippen molar-refractivity contribution in [1.29, 1.82) is 0 Å². The number of benzene rings is 1. The molecule has 86 valence electrons. The summed E-state index contributed by atoms with van der Waals surface area (Å²) in [5.74, 6) is 0.963. The Kier molecular flexibility index (Phi) is 2.19. The number of morpholine rings is 1. The lowest BCUT2D eigenvalue weighted by molar-refractivity contribution is -0.0740. The maximum atomic E-state index is 5.98. The zero-order valence-corrected chi connectivity index (χ0v) is 9.69. The average Bonchev–Trinajstić information content (AvgIpc) is 2.27. The van der Waals surface area contributed by atoms with Crippen LogP contribution in [0.5, 0.6) is 5.75 Å². The summed E-state index contributed by atoms with van der Waals surface area (Å²) in [4.78, 5) is 0. The fourth-order valence-electron chi connectivity index (χ4n) is 2.50. The second-order valence-electron chi connectivity index (χ2n) is 5.22. The van der Waals surface area contributed by atoms with Gasteiger partial charge in [0, 0.05) is 11.1 Å². The van der Waals surface area contributed by atoms with Gasteiger partial charge < -0.3 is 14.8 Å². The highest BCUT2D eigenvalue weighted by Crippen LogP contribution is 2.37. The standard InChI is InChI=1S/C13H17NO2/c1-13(2)8-16-12-9-5-3-4-6-11(9)15-7-10(12)14-13/h3-6,10,12,14H,7-8H2,1-2H3. The quantitative estimate of drug-likeness (QED) is 0.722. The van der Waals surface area contributed by atoms with E-state index >= 15 is 0 Å². The molecule has 2 aliphatic heterocycles. The van der Waals surface area contributed by atoms with E-state index in [-0.39, 0.29) is 17.7 Å². The molecule has 3 rings (SSSR count). The predicted octanol–water partition coefficient (Wildman–Crippen LogP) is 1.89. The Morgan fingerprint density at radius 2 is 2.12 bits per heavy atom. The Balaban J connectivity index is 1.92. The van der Waals surface area contributed by atoms with Crippen LogP contribution in [-0.2, 0) is 4.74 Å². The molecule has 3 heteroatoms. The third-order valence-corrected chi connectivity index (χ3v) is 3.21. The molecule has 1 saturated heterocycles. The van der Waals surface area contributed by atoms with Gasteiger partial charge in [0.25, 0.3) is 0 Å². The van der Waals surface area contributed by atoms with Crippen molar-refractivity contribution in [3.05, 3.63) is 29.8 Å². The summed E-state index contributed by atoms with van der Waals surface area (Å²) in [5, 5.41) is 3.59. The Hall–Kier alpha value is -1.06. The van der Waals surface area contributed by atoms with Gasteiger partial charge in [0.1, 0.15) is 18.5 Å². The lowest BCUT2D eigenvalue weighted by atomic mass is 9.93. The van der Waals surface area contributed by atoms with Crippen molar-refractivity contribution in [2.75, 3.05) is 13.2 Å². The first-order valence-corrected chi connectivity index (χ1v) is 5.77. The molecule has 2 aliphatic rings. The molecule has 0 amide bonds. The molecule has 1 aromatic carbocycles. The van der Waals surface area contributed by atoms with Crippen molar-refractivity contribution in [2.45, 2.75) is 31.5 Å². The normalized spacial score (nSPS) is 31.1. The summed E-state index contributed by atoms with van der Waals surface area (Å²) in [6.07, 6.45) is 0.137. The Bertz CT molecular complexity index is 403. The van der Waals surface area contributed by atoms with E-state index in [1.165, 1.54) is 5.56 Å². The van der Waals surface area contributed by atoms with Crippen molar-refractivity contribution < 1.29 is 9.47 Å². The number of hydrogen-bond donors (Lipinski definition) is 1. The van der Waals surface area contributed by atoms with E-state index in [1.807, 2.05) is 18.2 Å². The molecular weight excluding hydrogens is 202 g/mol. The van der Waals surface area contributed by atoms with E-state index in [0.29, 0.717) is 6.61 Å². The van der Waals surface area contributed by atoms with Gasteiger partial charge in [-0.05, 0) is 19.9 Å². The van der Waals surface area contributed by atoms with Gasteiger partial charge in [-0.2, -0.15) is 0 Å². The van der Waals surface area contributed by atoms with Gasteiger partial charge in [0.05, 0.1) is 12.6 Å². The van der Waals surface area contributed by atoms with E-state index in [1.54, 1.807) is 0 Å². The Morgan fingerprint density at radius 1 is 1.31 bits per heavy atom. The summed E-state index contributed by atoms with van der Waals surface area (Å²) in [5.41, 5.74) is 1.21. The number of nitrogens with one attached hydrogen (secondary N) is 1. The van der Waals surface area contributed by atoms with Crippen LogP contribution in [0.4, 0.5) is 0 Å². The molecule has 0 spiro atoms. The van der Waals surface area contributed by atoms with E-state index in [4.69, 9.17) is 9.47 Å². The Morgan fingerprint density at radius 3 is 3.00 bits per heavy atom. The largest absolute Gasteiger partial charge is 0.491 e. The second kappa shape index (κ2) is 3.47. The first kappa shape index (κ1) is 10.1. The topological polar surface area (TPSA) is 30.5 Å². The van der Waals surface area contributed by atoms with Crippen LogP contribution in [0.1, 0.15) is 25.5 Å². The summed E-state index contributed by atoms with van der Waals surface area (Å²) < 4.78 is 11.7. The molecule has 2 atom stereocenters. The molecule has 1 N–H and O–H groups in total. The maximum Gasteiger partial charge on any atom is 0.125 e. The fraction of sp³-hybridized carbons (Fsp3) is 0.538. The molecule has 0 radical (unpaired) electrons. The van der Waals surface area contributed by atoms with Gasteiger partial charge in [-0.25, -0.2) is 0 Å². The Labute approximate surface area is 95.8 Å². The van der Waals surface area contributed by atoms with Crippen LogP contribution in [0.15, 0.2) is 24.3 Å². The maximum absolute atomic E-state index is 5.98. The smallest absolute Gasteiger partial charge is 0.125 e. The number of fused-ring (bicyclic) bond motifs is 3. The van der Waals surface area contributed by atoms with Crippen molar-refractivity contribution in [3.8, 4) is 5.75 Å². The van der Waals surface area contributed by atoms with E-state index < -0.39 is 0 Å². The third kappa shape index (κ3) is 1.60. The van der Waals surface area contributed by atoms with Crippen molar-refractivity contribution in [1.82, 2.24) is 5.32 Å². The summed E-state index contributed by atoms with van der Waals surface area (Å²) in [7, 11) is 0. The molecule has 0 aromatic heterocycles. The fourth-order valence-corrected chi connectivity index (χ4v) is 2.50. The SMILES string of the molecule is CC1(C)COC2c3ccccc3OCC2N1. The molecule has 0 bridgehead atoms. The van der Waals surface area contributed by atoms with Crippen LogP contribution in [0.2, 0.25) is 0 Å². The van der Waals surface area contributed by atoms with Gasteiger partial charge in [-0.15, -0.1) is 0 Å². The van der Waals surface area contributed by atoms with E-state index in [9.17, 15) is 0 Å². The van der Waals surface area contributed by atoms with Crippen LogP contribution in [0.25, 0.3) is 0 Å². The molecule has 2 unspecified atom stereocenters. The minimum Gasteiger partial charge on any atom is -0.491 e. The van der Waals surface area contributed by atoms with Gasteiger partial charge >= 0.3 is 0 Å². The van der Waals surface area contributed by atoms with Gasteiger partial charge in [-0.1, -0.05) is 18.2 Å². The number of hydrogen-bond acceptors (Lipinski definition) is 3. The molecular formula is C13H17NO2. The summed E-state index contributed by atoms with van der Waals surface area (Å²) >= 11 is 0. The molecule has 0 aliphatic carbocycles. The van der Waals surface area contributed by atoms with Gasteiger partial charge in [0.15, 0.2) is 0 Å². The highest BCUT2D eigenvalue weighted by molar-refractivity contribution is 5.38. The lowest BCUT2D eigenvalue weighted by Crippen LogP contribution is -2.59. The number of ether oxygens (including phenoxy) is 2. The molecule has 1 fully saturated rings. The van der Waals surface area contributed by atoms with Crippen LogP contribution < -0.4 is 10.1 Å². The first-order valence-electron chi connectivity index (χ1n) is 5.77. The molecule has 0 saturated carbocycles. The highest BCUT2D eigenvalue weighted by atomic mass is 16.5. The second-order valence-corrected chi connectivity index (χ2v) is 5.22. The number of rotatable bonds is 0. The lowest BCUT2D eigenvalue weighted by Gasteiger charge is -2.44. The van der Waals surface area contributed by atoms with Crippen LogP contribution in [-0.4, -0.2) is 24.8 Å². The van der Waals surface area contributed by atoms with Crippen molar-refractivity contribution in [2.24, 2.45) is 0 Å².